The van der Waals surface area contributed by atoms with Crippen LogP contribution in [0.4, 0.5) is 5.82 Å². The van der Waals surface area contributed by atoms with Gasteiger partial charge < -0.3 is 5.32 Å². The van der Waals surface area contributed by atoms with E-state index in [0.29, 0.717) is 18.2 Å². The van der Waals surface area contributed by atoms with Gasteiger partial charge in [-0.1, -0.05) is 48.5 Å². The molecule has 0 fully saturated rings. The molecule has 0 atom stereocenters. The Labute approximate surface area is 210 Å². The first-order valence-electron chi connectivity index (χ1n) is 11.5. The molecule has 0 aliphatic rings. The lowest BCUT2D eigenvalue weighted by Crippen LogP contribution is -2.22. The van der Waals surface area contributed by atoms with Crippen molar-refractivity contribution in [2.24, 2.45) is 0 Å². The largest absolute Gasteiger partial charge is 0.364 e. The van der Waals surface area contributed by atoms with Crippen LogP contribution in [0.3, 0.4) is 0 Å². The fraction of sp³-hybridized carbons (Fsp3) is 0.107. The Hall–Kier alpha value is -4.14. The fourth-order valence-electron chi connectivity index (χ4n) is 3.96. The Kier molecular flexibility index (Phi) is 6.45. The second-order valence-electron chi connectivity index (χ2n) is 8.45. The normalized spacial score (nSPS) is 11.6. The summed E-state index contributed by atoms with van der Waals surface area (Å²) in [5.74, 6) is 1.19. The molecule has 0 spiro atoms. The predicted molar refractivity (Wildman–Crippen MR) is 143 cm³/mol. The van der Waals surface area contributed by atoms with Crippen LogP contribution in [0.25, 0.3) is 33.4 Å². The third-order valence-corrected chi connectivity index (χ3v) is 7.69. The average Bonchev–Trinajstić information content (AvgIpc) is 2.92. The molecule has 0 aliphatic carbocycles. The molecule has 180 valence electrons. The Balaban J connectivity index is 1.63. The fourth-order valence-corrected chi connectivity index (χ4v) is 4.86. The molecule has 5 rings (SSSR count). The minimum atomic E-state index is -3.52. The molecular weight excluding hydrogens is 470 g/mol. The molecule has 8 heteroatoms. The molecule has 2 aromatic heterocycles. The Morgan fingerprint density at radius 1 is 0.778 bits per heavy atom. The van der Waals surface area contributed by atoms with Crippen LogP contribution in [0, 0.1) is 0 Å². The molecular formula is C28H25N5O2S. The van der Waals surface area contributed by atoms with Gasteiger partial charge in [0.1, 0.15) is 5.82 Å². The van der Waals surface area contributed by atoms with Crippen molar-refractivity contribution < 1.29 is 8.42 Å². The van der Waals surface area contributed by atoms with Gasteiger partial charge in [-0.3, -0.25) is 4.98 Å². The van der Waals surface area contributed by atoms with E-state index in [9.17, 15) is 8.42 Å². The van der Waals surface area contributed by atoms with Crippen LogP contribution in [0.1, 0.15) is 5.69 Å². The number of rotatable bonds is 7. The van der Waals surface area contributed by atoms with E-state index in [2.05, 4.69) is 28.5 Å². The molecule has 0 amide bonds. The summed E-state index contributed by atoms with van der Waals surface area (Å²) in [5.41, 5.74) is 4.49. The number of nitrogens with one attached hydrogen (secondary N) is 1. The highest BCUT2D eigenvalue weighted by Crippen LogP contribution is 2.34. The van der Waals surface area contributed by atoms with Gasteiger partial charge in [0, 0.05) is 25.9 Å². The summed E-state index contributed by atoms with van der Waals surface area (Å²) in [7, 11) is -0.494. The first-order valence-corrected chi connectivity index (χ1v) is 12.9. The summed E-state index contributed by atoms with van der Waals surface area (Å²) in [5, 5.41) is 4.37. The summed E-state index contributed by atoms with van der Waals surface area (Å²) in [6, 6.07) is 28.6. The molecule has 36 heavy (non-hydrogen) atoms. The zero-order valence-electron chi connectivity index (χ0n) is 20.0. The zero-order valence-corrected chi connectivity index (χ0v) is 20.8. The Bertz CT molecular complexity index is 1610. The van der Waals surface area contributed by atoms with Gasteiger partial charge in [0.25, 0.3) is 0 Å². The molecule has 0 bridgehead atoms. The number of pyridine rings is 1. The number of sulfonamides is 1. The Morgan fingerprint density at radius 2 is 1.53 bits per heavy atom. The van der Waals surface area contributed by atoms with Crippen molar-refractivity contribution in [3.63, 3.8) is 0 Å². The highest BCUT2D eigenvalue weighted by atomic mass is 32.2. The summed E-state index contributed by atoms with van der Waals surface area (Å²) >= 11 is 0. The van der Waals surface area contributed by atoms with E-state index in [1.165, 1.54) is 18.4 Å². The van der Waals surface area contributed by atoms with E-state index in [0.717, 1.165) is 33.3 Å². The maximum absolute atomic E-state index is 12.5. The number of anilines is 1. The van der Waals surface area contributed by atoms with Crippen molar-refractivity contribution in [3.8, 4) is 22.5 Å². The second kappa shape index (κ2) is 9.85. The zero-order chi connectivity index (χ0) is 25.1. The number of nitrogens with zero attached hydrogens (tertiary/aromatic N) is 4. The van der Waals surface area contributed by atoms with Crippen LogP contribution < -0.4 is 5.32 Å². The highest BCUT2D eigenvalue weighted by molar-refractivity contribution is 7.89. The van der Waals surface area contributed by atoms with E-state index in [4.69, 9.17) is 9.97 Å². The predicted octanol–water partition coefficient (Wildman–Crippen LogP) is 5.22. The van der Waals surface area contributed by atoms with Gasteiger partial charge in [-0.25, -0.2) is 22.7 Å². The SMILES string of the molecule is CN(C)S(=O)(=O)c1ccc(-c2nc(NCc3ccccn3)c3c(-c4ccccc4)cccc3n2)cc1. The molecule has 0 aliphatic heterocycles. The summed E-state index contributed by atoms with van der Waals surface area (Å²) in [4.78, 5) is 14.4. The van der Waals surface area contributed by atoms with Gasteiger partial charge in [-0.05, 0) is 53.6 Å². The summed E-state index contributed by atoms with van der Waals surface area (Å²) in [6.45, 7) is 0.496. The molecule has 7 nitrogen and oxygen atoms in total. The van der Waals surface area contributed by atoms with Gasteiger partial charge in [-0.2, -0.15) is 0 Å². The van der Waals surface area contributed by atoms with Crippen molar-refractivity contribution in [1.29, 1.82) is 0 Å². The lowest BCUT2D eigenvalue weighted by Gasteiger charge is -2.15. The van der Waals surface area contributed by atoms with Gasteiger partial charge in [0.05, 0.1) is 28.0 Å². The number of aromatic nitrogens is 3. The maximum Gasteiger partial charge on any atom is 0.242 e. The lowest BCUT2D eigenvalue weighted by atomic mass is 10.0. The molecule has 0 saturated carbocycles. The van der Waals surface area contributed by atoms with Crippen molar-refractivity contribution in [2.45, 2.75) is 11.4 Å². The lowest BCUT2D eigenvalue weighted by molar-refractivity contribution is 0.521. The molecule has 5 aromatic rings. The topological polar surface area (TPSA) is 88.1 Å². The van der Waals surface area contributed by atoms with Gasteiger partial charge in [0.15, 0.2) is 5.82 Å². The van der Waals surface area contributed by atoms with E-state index >= 15 is 0 Å². The van der Waals surface area contributed by atoms with E-state index in [1.54, 1.807) is 30.5 Å². The minimum Gasteiger partial charge on any atom is -0.364 e. The summed E-state index contributed by atoms with van der Waals surface area (Å²) < 4.78 is 26.2. The average molecular weight is 496 g/mol. The van der Waals surface area contributed by atoms with E-state index in [-0.39, 0.29) is 4.90 Å². The molecule has 2 heterocycles. The standard InChI is InChI=1S/C28H25N5O2S/c1-33(2)36(34,35)23-16-14-21(15-17-23)27-31-25-13-8-12-24(20-9-4-3-5-10-20)26(25)28(32-27)30-19-22-11-6-7-18-29-22/h3-18H,19H2,1-2H3,(H,30,31,32). The number of fused-ring (bicyclic) bond motifs is 1. The minimum absolute atomic E-state index is 0.219. The van der Waals surface area contributed by atoms with Crippen LogP contribution in [0.5, 0.6) is 0 Å². The molecule has 1 N–H and O–H groups in total. The van der Waals surface area contributed by atoms with E-state index in [1.807, 2.05) is 48.5 Å². The smallest absolute Gasteiger partial charge is 0.242 e. The van der Waals surface area contributed by atoms with Crippen LogP contribution >= 0.6 is 0 Å². The quantitative estimate of drug-likeness (QED) is 0.333. The third kappa shape index (κ3) is 4.68. The van der Waals surface area contributed by atoms with Gasteiger partial charge in [-0.15, -0.1) is 0 Å². The van der Waals surface area contributed by atoms with Crippen molar-refractivity contribution in [2.75, 3.05) is 19.4 Å². The van der Waals surface area contributed by atoms with Crippen LogP contribution in [0.15, 0.2) is 102 Å². The van der Waals surface area contributed by atoms with Crippen molar-refractivity contribution >= 4 is 26.7 Å². The number of benzene rings is 3. The number of hydrogen-bond donors (Lipinski definition) is 1. The van der Waals surface area contributed by atoms with Crippen LogP contribution in [0.2, 0.25) is 0 Å². The summed E-state index contributed by atoms with van der Waals surface area (Å²) in [6.07, 6.45) is 1.76. The first kappa shape index (κ1) is 23.6. The number of hydrogen-bond acceptors (Lipinski definition) is 6. The van der Waals surface area contributed by atoms with E-state index < -0.39 is 10.0 Å². The van der Waals surface area contributed by atoms with Gasteiger partial charge in [0.2, 0.25) is 10.0 Å². The van der Waals surface area contributed by atoms with Crippen molar-refractivity contribution in [1.82, 2.24) is 19.3 Å². The molecule has 0 saturated heterocycles. The third-order valence-electron chi connectivity index (χ3n) is 5.86. The Morgan fingerprint density at radius 3 is 2.22 bits per heavy atom. The van der Waals surface area contributed by atoms with Gasteiger partial charge >= 0.3 is 0 Å². The van der Waals surface area contributed by atoms with Crippen LogP contribution in [-0.2, 0) is 16.6 Å². The van der Waals surface area contributed by atoms with Crippen molar-refractivity contribution in [3.05, 3.63) is 103 Å². The second-order valence-corrected chi connectivity index (χ2v) is 10.6. The monoisotopic (exact) mass is 495 g/mol. The molecule has 3 aromatic carbocycles. The molecule has 0 radical (unpaired) electrons. The molecule has 0 unspecified atom stereocenters. The van der Waals surface area contributed by atoms with Crippen LogP contribution in [-0.4, -0.2) is 41.8 Å². The maximum atomic E-state index is 12.5. The first-order chi connectivity index (χ1) is 17.4. The highest BCUT2D eigenvalue weighted by Gasteiger charge is 2.18.